The quantitative estimate of drug-likeness (QED) is 0.672. The predicted octanol–water partition coefficient (Wildman–Crippen LogP) is 2.24. The summed E-state index contributed by atoms with van der Waals surface area (Å²) >= 11 is 6.02. The molecule has 3 N–H and O–H groups in total. The van der Waals surface area contributed by atoms with Gasteiger partial charge in [-0.2, -0.15) is 5.26 Å². The molecule has 0 spiro atoms. The van der Waals surface area contributed by atoms with E-state index in [0.29, 0.717) is 16.3 Å². The Labute approximate surface area is 166 Å². The summed E-state index contributed by atoms with van der Waals surface area (Å²) in [5, 5.41) is 18.0. The number of hydrogen-bond donors (Lipinski definition) is 2. The summed E-state index contributed by atoms with van der Waals surface area (Å²) in [5.74, 6) is -0.337. The minimum absolute atomic E-state index is 0.180. The fourth-order valence-corrected chi connectivity index (χ4v) is 3.66. The van der Waals surface area contributed by atoms with Gasteiger partial charge in [-0.25, -0.2) is 18.5 Å². The van der Waals surface area contributed by atoms with Gasteiger partial charge in [0.15, 0.2) is 5.03 Å². The number of nitrogens with two attached hydrogens (primary N) is 1. The number of amides is 1. The number of carbonyl (C=O) groups is 1. The van der Waals surface area contributed by atoms with E-state index in [-0.39, 0.29) is 11.5 Å². The average molecular weight is 418 g/mol. The minimum atomic E-state index is -4.11. The molecule has 0 fully saturated rings. The molecule has 0 aliphatic heterocycles. The Bertz CT molecular complexity index is 1240. The molecule has 0 saturated heterocycles. The van der Waals surface area contributed by atoms with E-state index in [2.05, 4.69) is 10.3 Å². The number of rotatable bonds is 4. The molecule has 3 aromatic rings. The molecule has 144 valence electrons. The van der Waals surface area contributed by atoms with Crippen LogP contribution in [0.5, 0.6) is 0 Å². The van der Waals surface area contributed by atoms with E-state index in [0.717, 1.165) is 10.9 Å². The number of sulfonamides is 1. The number of pyridine rings is 1. The lowest BCUT2D eigenvalue weighted by atomic mass is 10.1. The maximum absolute atomic E-state index is 12.7. The first-order chi connectivity index (χ1) is 13.1. The number of aryl methyl sites for hydroxylation is 1. The van der Waals surface area contributed by atoms with Gasteiger partial charge >= 0.3 is 0 Å². The molecule has 1 amide bonds. The second kappa shape index (κ2) is 7.24. The monoisotopic (exact) mass is 417 g/mol. The van der Waals surface area contributed by atoms with Crippen LogP contribution in [0.2, 0.25) is 5.02 Å². The van der Waals surface area contributed by atoms with Crippen molar-refractivity contribution in [1.82, 2.24) is 14.9 Å². The highest BCUT2D eigenvalue weighted by molar-refractivity contribution is 7.89. The first-order valence-corrected chi connectivity index (χ1v) is 10.0. The third-order valence-electron chi connectivity index (χ3n) is 4.35. The Hall–Kier alpha value is -2.93. The first-order valence-electron chi connectivity index (χ1n) is 8.10. The molecule has 2 aromatic heterocycles. The van der Waals surface area contributed by atoms with Gasteiger partial charge in [0.1, 0.15) is 11.8 Å². The van der Waals surface area contributed by atoms with Gasteiger partial charge in [-0.05, 0) is 36.8 Å². The Morgan fingerprint density at radius 3 is 2.71 bits per heavy atom. The lowest BCUT2D eigenvalue weighted by molar-refractivity contribution is 0.0932. The van der Waals surface area contributed by atoms with Crippen molar-refractivity contribution in [2.24, 2.45) is 12.2 Å². The number of halogens is 1. The zero-order valence-corrected chi connectivity index (χ0v) is 16.5. The van der Waals surface area contributed by atoms with Crippen LogP contribution in [-0.2, 0) is 17.1 Å². The lowest BCUT2D eigenvalue weighted by Crippen LogP contribution is -2.28. The van der Waals surface area contributed by atoms with E-state index >= 15 is 0 Å². The van der Waals surface area contributed by atoms with Gasteiger partial charge in [-0.3, -0.25) is 4.79 Å². The molecule has 0 aliphatic carbocycles. The smallest absolute Gasteiger partial charge is 0.268 e. The van der Waals surface area contributed by atoms with Crippen molar-refractivity contribution in [3.8, 4) is 6.07 Å². The largest absolute Gasteiger partial charge is 0.344 e. The number of primary sulfonamides is 1. The summed E-state index contributed by atoms with van der Waals surface area (Å²) in [6.07, 6.45) is 1.27. The van der Waals surface area contributed by atoms with Crippen molar-refractivity contribution in [3.05, 3.63) is 58.4 Å². The summed E-state index contributed by atoms with van der Waals surface area (Å²) in [5.41, 5.74) is 1.54. The van der Waals surface area contributed by atoms with Gasteiger partial charge in [0.25, 0.3) is 15.9 Å². The third-order valence-corrected chi connectivity index (χ3v) is 5.45. The molecule has 28 heavy (non-hydrogen) atoms. The molecule has 0 aliphatic rings. The topological polar surface area (TPSA) is 131 Å². The van der Waals surface area contributed by atoms with Gasteiger partial charge in [-0.15, -0.1) is 0 Å². The molecule has 0 radical (unpaired) electrons. The Morgan fingerprint density at radius 1 is 1.36 bits per heavy atom. The highest BCUT2D eigenvalue weighted by Crippen LogP contribution is 2.23. The molecule has 1 atom stereocenters. The number of nitrogens with one attached hydrogen (secondary N) is 1. The molecule has 1 unspecified atom stereocenters. The minimum Gasteiger partial charge on any atom is -0.344 e. The number of benzene rings is 1. The maximum atomic E-state index is 12.7. The number of fused-ring (bicyclic) bond motifs is 1. The van der Waals surface area contributed by atoms with Crippen LogP contribution in [0.1, 0.15) is 34.6 Å². The Balaban J connectivity index is 1.89. The van der Waals surface area contributed by atoms with Gasteiger partial charge in [0.2, 0.25) is 0 Å². The van der Waals surface area contributed by atoms with Crippen LogP contribution >= 0.6 is 11.6 Å². The number of aromatic nitrogens is 2. The molecule has 0 saturated carbocycles. The normalized spacial score (nSPS) is 12.5. The number of nitriles is 1. The summed E-state index contributed by atoms with van der Waals surface area (Å²) in [6, 6.07) is 9.67. The molecule has 10 heteroatoms. The highest BCUT2D eigenvalue weighted by atomic mass is 35.5. The number of hydrogen-bond acceptors (Lipinski definition) is 5. The van der Waals surface area contributed by atoms with Crippen molar-refractivity contribution in [1.29, 1.82) is 5.26 Å². The van der Waals surface area contributed by atoms with Crippen molar-refractivity contribution < 1.29 is 13.2 Å². The fraction of sp³-hybridized carbons (Fsp3) is 0.167. The lowest BCUT2D eigenvalue weighted by Gasteiger charge is -2.15. The average Bonchev–Trinajstić information content (AvgIpc) is 2.96. The molecule has 8 nitrogen and oxygen atoms in total. The predicted molar refractivity (Wildman–Crippen MR) is 104 cm³/mol. The van der Waals surface area contributed by atoms with Crippen LogP contribution in [-0.4, -0.2) is 23.9 Å². The van der Waals surface area contributed by atoms with Gasteiger partial charge in [0, 0.05) is 29.2 Å². The standard InChI is InChI=1S/C18H16ClN5O3S/c1-10(13-5-12(8-20)18(22-9-13)28(21,26)27)23-17(25)16-6-11-3-4-14(19)7-15(11)24(16)2/h3-7,9-10H,1-2H3,(H,23,25)(H2,21,26,27). The first kappa shape index (κ1) is 19.8. The molecular formula is C18H16ClN5O3S. The van der Waals surface area contributed by atoms with Gasteiger partial charge < -0.3 is 9.88 Å². The summed E-state index contributed by atoms with van der Waals surface area (Å²) < 4.78 is 24.7. The summed E-state index contributed by atoms with van der Waals surface area (Å²) in [4.78, 5) is 16.5. The van der Waals surface area contributed by atoms with E-state index in [1.54, 1.807) is 42.8 Å². The van der Waals surface area contributed by atoms with E-state index in [1.165, 1.54) is 12.3 Å². The van der Waals surface area contributed by atoms with Crippen molar-refractivity contribution in [2.75, 3.05) is 0 Å². The van der Waals surface area contributed by atoms with Gasteiger partial charge in [-0.1, -0.05) is 17.7 Å². The summed E-state index contributed by atoms with van der Waals surface area (Å²) in [7, 11) is -2.35. The molecule has 2 heterocycles. The van der Waals surface area contributed by atoms with Crippen LogP contribution < -0.4 is 10.5 Å². The summed E-state index contributed by atoms with van der Waals surface area (Å²) in [6.45, 7) is 1.70. The van der Waals surface area contributed by atoms with Crippen LogP contribution in [0.3, 0.4) is 0 Å². The van der Waals surface area contributed by atoms with Crippen LogP contribution in [0.4, 0.5) is 0 Å². The molecule has 0 bridgehead atoms. The van der Waals surface area contributed by atoms with Crippen molar-refractivity contribution >= 4 is 38.4 Å². The van der Waals surface area contributed by atoms with Crippen LogP contribution in [0, 0.1) is 11.3 Å². The van der Waals surface area contributed by atoms with E-state index in [1.807, 2.05) is 6.07 Å². The molecular weight excluding hydrogens is 402 g/mol. The van der Waals surface area contributed by atoms with E-state index in [9.17, 15) is 18.5 Å². The van der Waals surface area contributed by atoms with Crippen LogP contribution in [0.15, 0.2) is 41.6 Å². The maximum Gasteiger partial charge on any atom is 0.268 e. The molecule has 3 rings (SSSR count). The van der Waals surface area contributed by atoms with E-state index in [4.69, 9.17) is 16.7 Å². The zero-order chi connectivity index (χ0) is 20.6. The number of carbonyl (C=O) groups excluding carboxylic acids is 1. The number of nitrogens with zero attached hydrogens (tertiary/aromatic N) is 3. The Morgan fingerprint density at radius 2 is 2.07 bits per heavy atom. The zero-order valence-electron chi connectivity index (χ0n) is 15.0. The SMILES string of the molecule is CC(NC(=O)c1cc2ccc(Cl)cc2n1C)c1cnc(S(N)(=O)=O)c(C#N)c1. The Kier molecular flexibility index (Phi) is 5.12. The van der Waals surface area contributed by atoms with Crippen LogP contribution in [0.25, 0.3) is 10.9 Å². The third kappa shape index (κ3) is 3.71. The fourth-order valence-electron chi connectivity index (χ4n) is 2.89. The molecule has 1 aromatic carbocycles. The van der Waals surface area contributed by atoms with Crippen molar-refractivity contribution in [2.45, 2.75) is 18.0 Å². The second-order valence-electron chi connectivity index (χ2n) is 6.27. The highest BCUT2D eigenvalue weighted by Gasteiger charge is 2.20. The second-order valence-corrected chi connectivity index (χ2v) is 8.18. The van der Waals surface area contributed by atoms with Crippen molar-refractivity contribution in [3.63, 3.8) is 0 Å². The van der Waals surface area contributed by atoms with Gasteiger partial charge in [0.05, 0.1) is 11.6 Å². The van der Waals surface area contributed by atoms with E-state index < -0.39 is 21.1 Å².